The number of pyridine rings is 2. The summed E-state index contributed by atoms with van der Waals surface area (Å²) in [4.78, 5) is 26.3. The maximum atomic E-state index is 12.2. The first-order valence-electron chi connectivity index (χ1n) is 10.4. The fraction of sp³-hybridized carbons (Fsp3) is 0.160. The zero-order chi connectivity index (χ0) is 22.5. The minimum absolute atomic E-state index is 0.150. The Morgan fingerprint density at radius 2 is 1.97 bits per heavy atom. The first kappa shape index (κ1) is 21.3. The van der Waals surface area contributed by atoms with E-state index in [-0.39, 0.29) is 5.91 Å². The molecule has 1 amide bonds. The molecular weight excluding hydrogens is 400 g/mol. The molecule has 0 unspecified atom stereocenters. The quantitative estimate of drug-likeness (QED) is 0.382. The Labute approximate surface area is 187 Å². The number of benzene rings is 1. The Morgan fingerprint density at radius 3 is 2.78 bits per heavy atom. The van der Waals surface area contributed by atoms with E-state index < -0.39 is 0 Å². The molecule has 0 saturated carbocycles. The highest BCUT2D eigenvalue weighted by molar-refractivity contribution is 6.00. The predicted octanol–water partition coefficient (Wildman–Crippen LogP) is 4.39. The second-order valence-electron chi connectivity index (χ2n) is 7.74. The molecule has 3 aromatic heterocycles. The summed E-state index contributed by atoms with van der Waals surface area (Å²) in [5.74, 6) is 0.660. The smallest absolute Gasteiger partial charge is 0.248 e. The molecule has 0 atom stereocenters. The molecule has 3 N–H and O–H groups in total. The van der Waals surface area contributed by atoms with Gasteiger partial charge in [-0.3, -0.25) is 4.79 Å². The van der Waals surface area contributed by atoms with Crippen LogP contribution in [0.25, 0.3) is 33.3 Å². The Hall–Kier alpha value is -3.97. The van der Waals surface area contributed by atoms with E-state index in [4.69, 9.17) is 0 Å². The zero-order valence-electron chi connectivity index (χ0n) is 18.4. The Morgan fingerprint density at radius 1 is 1.09 bits per heavy atom. The number of carbonyl (C=O) groups is 1. The van der Waals surface area contributed by atoms with Crippen LogP contribution in [0.15, 0.2) is 73.2 Å². The minimum atomic E-state index is -0.150. The highest BCUT2D eigenvalue weighted by atomic mass is 16.1. The Bertz CT molecular complexity index is 1270. The maximum Gasteiger partial charge on any atom is 0.248 e. The number of hydrogen-bond donors (Lipinski definition) is 3. The van der Waals surface area contributed by atoms with Crippen molar-refractivity contribution in [3.05, 3.63) is 73.2 Å². The van der Waals surface area contributed by atoms with Crippen molar-refractivity contribution in [3.8, 4) is 22.3 Å². The number of H-pyrrole nitrogens is 1. The second kappa shape index (κ2) is 9.45. The third-order valence-corrected chi connectivity index (χ3v) is 5.06. The Balaban J connectivity index is 1.62. The number of likely N-dealkylation sites (N-methyl/N-ethyl adjacent to an activating group) is 1. The van der Waals surface area contributed by atoms with Gasteiger partial charge >= 0.3 is 0 Å². The van der Waals surface area contributed by atoms with Crippen LogP contribution in [-0.4, -0.2) is 53.4 Å². The van der Waals surface area contributed by atoms with Crippen LogP contribution in [0.4, 0.5) is 11.5 Å². The lowest BCUT2D eigenvalue weighted by Gasteiger charge is -2.08. The first-order valence-corrected chi connectivity index (χ1v) is 10.4. The minimum Gasteiger partial charge on any atom is -0.373 e. The molecule has 4 aromatic rings. The molecule has 162 valence electrons. The van der Waals surface area contributed by atoms with Crippen molar-refractivity contribution in [1.82, 2.24) is 19.9 Å². The molecule has 0 aliphatic heterocycles. The fourth-order valence-electron chi connectivity index (χ4n) is 3.47. The molecule has 1 aromatic carbocycles. The van der Waals surface area contributed by atoms with Crippen LogP contribution in [0.1, 0.15) is 0 Å². The summed E-state index contributed by atoms with van der Waals surface area (Å²) >= 11 is 0. The van der Waals surface area contributed by atoms with Crippen molar-refractivity contribution in [3.63, 3.8) is 0 Å². The lowest BCUT2D eigenvalue weighted by atomic mass is 10.0. The van der Waals surface area contributed by atoms with Gasteiger partial charge in [0, 0.05) is 60.5 Å². The molecule has 4 rings (SSSR count). The SMILES string of the molecule is CNc1cc(-c2c[nH]c3ncc(-c4cccc(NC(=O)C=CCN(C)C)c4)cc23)ccn1. The average molecular weight is 427 g/mol. The molecule has 7 nitrogen and oxygen atoms in total. The van der Waals surface area contributed by atoms with Gasteiger partial charge in [-0.1, -0.05) is 18.2 Å². The number of amides is 1. The van der Waals surface area contributed by atoms with Crippen molar-refractivity contribution < 1.29 is 4.79 Å². The monoisotopic (exact) mass is 426 g/mol. The van der Waals surface area contributed by atoms with E-state index in [2.05, 4.69) is 31.7 Å². The summed E-state index contributed by atoms with van der Waals surface area (Å²) in [6.07, 6.45) is 8.99. The number of aromatic amines is 1. The van der Waals surface area contributed by atoms with Crippen molar-refractivity contribution in [1.29, 1.82) is 0 Å². The lowest BCUT2D eigenvalue weighted by Crippen LogP contribution is -2.12. The van der Waals surface area contributed by atoms with Crippen LogP contribution in [0.2, 0.25) is 0 Å². The van der Waals surface area contributed by atoms with E-state index in [1.807, 2.05) is 80.9 Å². The molecule has 3 heterocycles. The molecule has 7 heteroatoms. The van der Waals surface area contributed by atoms with Gasteiger partial charge in [-0.15, -0.1) is 0 Å². The largest absolute Gasteiger partial charge is 0.373 e. The molecule has 0 radical (unpaired) electrons. The molecular formula is C25H26N6O. The van der Waals surface area contributed by atoms with Gasteiger partial charge < -0.3 is 20.5 Å². The summed E-state index contributed by atoms with van der Waals surface area (Å²) in [5.41, 5.74) is 5.63. The summed E-state index contributed by atoms with van der Waals surface area (Å²) in [6.45, 7) is 0.714. The molecule has 0 saturated heterocycles. The highest BCUT2D eigenvalue weighted by Gasteiger charge is 2.10. The van der Waals surface area contributed by atoms with E-state index in [1.165, 1.54) is 0 Å². The number of anilines is 2. The van der Waals surface area contributed by atoms with Gasteiger partial charge in [0.2, 0.25) is 5.91 Å². The van der Waals surface area contributed by atoms with Crippen LogP contribution in [0.3, 0.4) is 0 Å². The second-order valence-corrected chi connectivity index (χ2v) is 7.74. The Kier molecular flexibility index (Phi) is 6.28. The van der Waals surface area contributed by atoms with Crippen LogP contribution in [-0.2, 0) is 4.79 Å². The van der Waals surface area contributed by atoms with Gasteiger partial charge in [0.25, 0.3) is 0 Å². The van der Waals surface area contributed by atoms with Crippen LogP contribution in [0.5, 0.6) is 0 Å². The zero-order valence-corrected chi connectivity index (χ0v) is 18.4. The van der Waals surface area contributed by atoms with Gasteiger partial charge in [0.1, 0.15) is 11.5 Å². The topological polar surface area (TPSA) is 85.9 Å². The number of fused-ring (bicyclic) bond motifs is 1. The van der Waals surface area contributed by atoms with E-state index in [0.29, 0.717) is 6.54 Å². The van der Waals surface area contributed by atoms with Crippen molar-refractivity contribution >= 4 is 28.4 Å². The van der Waals surface area contributed by atoms with E-state index in [1.54, 1.807) is 12.3 Å². The average Bonchev–Trinajstić information content (AvgIpc) is 3.22. The van der Waals surface area contributed by atoms with E-state index >= 15 is 0 Å². The number of nitrogens with zero attached hydrogens (tertiary/aromatic N) is 3. The van der Waals surface area contributed by atoms with Gasteiger partial charge in [-0.2, -0.15) is 0 Å². The van der Waals surface area contributed by atoms with Gasteiger partial charge in [-0.25, -0.2) is 9.97 Å². The third kappa shape index (κ3) is 4.84. The van der Waals surface area contributed by atoms with Crippen LogP contribution in [0, 0.1) is 0 Å². The van der Waals surface area contributed by atoms with Gasteiger partial charge in [-0.05, 0) is 55.6 Å². The standard InChI is InChI=1S/C25H26N6O/c1-26-23-14-18(9-10-27-23)22-16-29-25-21(22)13-19(15-28-25)17-6-4-7-20(12-17)30-24(32)8-5-11-31(2)3/h4-10,12-16H,11H2,1-3H3,(H,26,27)(H,28,29)(H,30,32). The summed E-state index contributed by atoms with van der Waals surface area (Å²) in [6, 6.07) is 13.9. The predicted molar refractivity (Wildman–Crippen MR) is 131 cm³/mol. The number of carbonyl (C=O) groups excluding carboxylic acids is 1. The fourth-order valence-corrected chi connectivity index (χ4v) is 3.47. The van der Waals surface area contributed by atoms with E-state index in [0.717, 1.165) is 44.8 Å². The van der Waals surface area contributed by atoms with Gasteiger partial charge in [0.05, 0.1) is 0 Å². The van der Waals surface area contributed by atoms with Gasteiger partial charge in [0.15, 0.2) is 0 Å². The third-order valence-electron chi connectivity index (χ3n) is 5.06. The van der Waals surface area contributed by atoms with Crippen molar-refractivity contribution in [2.24, 2.45) is 0 Å². The molecule has 0 bridgehead atoms. The molecule has 32 heavy (non-hydrogen) atoms. The normalized spacial score (nSPS) is 11.4. The van der Waals surface area contributed by atoms with Crippen LogP contribution >= 0.6 is 0 Å². The lowest BCUT2D eigenvalue weighted by molar-refractivity contribution is -0.111. The first-order chi connectivity index (χ1) is 15.5. The van der Waals surface area contributed by atoms with Crippen LogP contribution < -0.4 is 10.6 Å². The summed E-state index contributed by atoms with van der Waals surface area (Å²) in [5, 5.41) is 7.02. The molecule has 0 spiro atoms. The number of rotatable bonds is 7. The molecule has 0 aliphatic carbocycles. The number of hydrogen-bond acceptors (Lipinski definition) is 5. The van der Waals surface area contributed by atoms with Crippen molar-refractivity contribution in [2.75, 3.05) is 38.3 Å². The van der Waals surface area contributed by atoms with E-state index in [9.17, 15) is 4.79 Å². The summed E-state index contributed by atoms with van der Waals surface area (Å²) in [7, 11) is 5.77. The number of nitrogens with one attached hydrogen (secondary N) is 3. The highest BCUT2D eigenvalue weighted by Crippen LogP contribution is 2.32. The molecule has 0 aliphatic rings. The maximum absolute atomic E-state index is 12.2. The molecule has 0 fully saturated rings. The number of aromatic nitrogens is 3. The summed E-state index contributed by atoms with van der Waals surface area (Å²) < 4.78 is 0. The van der Waals surface area contributed by atoms with Crippen molar-refractivity contribution in [2.45, 2.75) is 0 Å².